The number of thiophene rings is 1. The fourth-order valence-electron chi connectivity index (χ4n) is 4.32. The van der Waals surface area contributed by atoms with Crippen LogP contribution >= 0.6 is 11.3 Å². The lowest BCUT2D eigenvalue weighted by molar-refractivity contribution is 0.0856. The van der Waals surface area contributed by atoms with E-state index in [0.29, 0.717) is 47.3 Å². The third-order valence-electron chi connectivity index (χ3n) is 6.52. The monoisotopic (exact) mass is 523 g/mol. The van der Waals surface area contributed by atoms with Crippen molar-refractivity contribution in [2.24, 2.45) is 5.92 Å². The molecule has 0 amide bonds. The Morgan fingerprint density at radius 1 is 1.25 bits per heavy atom. The molecular weight excluding hydrogens is 490 g/mol. The van der Waals surface area contributed by atoms with E-state index in [1.165, 1.54) is 0 Å². The van der Waals surface area contributed by atoms with Crippen LogP contribution in [0.1, 0.15) is 12.0 Å². The molecule has 1 aliphatic rings. The van der Waals surface area contributed by atoms with Crippen LogP contribution in [0.4, 0.5) is 0 Å². The zero-order valence-corrected chi connectivity index (χ0v) is 23.2. The SMILES string of the molecule is Cc1cc(OCC2CCOC2)cc2c(=O)n(COCC[Si](C)(C)C)c(-c3cc4ccsc4cn3)nc12. The Balaban J connectivity index is 1.54. The molecule has 4 heterocycles. The van der Waals surface area contributed by atoms with Gasteiger partial charge in [0, 0.05) is 33.4 Å². The second-order valence-corrected chi connectivity index (χ2v) is 17.3. The molecule has 1 fully saturated rings. The average molecular weight is 524 g/mol. The van der Waals surface area contributed by atoms with E-state index in [1.807, 2.05) is 36.7 Å². The van der Waals surface area contributed by atoms with Gasteiger partial charge in [0.15, 0.2) is 5.82 Å². The second kappa shape index (κ2) is 10.4. The number of fused-ring (bicyclic) bond motifs is 2. The van der Waals surface area contributed by atoms with Gasteiger partial charge in [-0.15, -0.1) is 11.3 Å². The van der Waals surface area contributed by atoms with E-state index in [9.17, 15) is 4.79 Å². The van der Waals surface area contributed by atoms with Gasteiger partial charge in [0.2, 0.25) is 0 Å². The standard InChI is InChI=1S/C27H33N3O4SSi/c1-18-11-21(34-16-19-5-7-32-15-19)13-22-25(18)29-26(23-12-20-6-9-35-24(20)14-28-23)30(27(22)31)17-33-8-10-36(2,3)4/h6,9,11-14,19H,5,7-8,10,15-17H2,1-4H3. The molecule has 1 aliphatic heterocycles. The first-order valence-corrected chi connectivity index (χ1v) is 17.0. The molecule has 0 aliphatic carbocycles. The molecule has 1 aromatic carbocycles. The summed E-state index contributed by atoms with van der Waals surface area (Å²) in [7, 11) is -1.25. The van der Waals surface area contributed by atoms with Crippen LogP contribution in [0.5, 0.6) is 5.75 Å². The van der Waals surface area contributed by atoms with E-state index in [4.69, 9.17) is 19.2 Å². The molecule has 36 heavy (non-hydrogen) atoms. The molecule has 1 unspecified atom stereocenters. The van der Waals surface area contributed by atoms with Crippen LogP contribution in [0.3, 0.4) is 0 Å². The van der Waals surface area contributed by atoms with Crippen LogP contribution in [0.25, 0.3) is 32.5 Å². The zero-order valence-electron chi connectivity index (χ0n) is 21.4. The van der Waals surface area contributed by atoms with Crippen LogP contribution in [0.15, 0.2) is 40.6 Å². The molecule has 4 aromatic rings. The smallest absolute Gasteiger partial charge is 0.263 e. The highest BCUT2D eigenvalue weighted by molar-refractivity contribution is 7.17. The van der Waals surface area contributed by atoms with Crippen molar-refractivity contribution >= 4 is 40.4 Å². The molecule has 3 aromatic heterocycles. The second-order valence-electron chi connectivity index (χ2n) is 10.7. The normalized spacial score (nSPS) is 16.3. The summed E-state index contributed by atoms with van der Waals surface area (Å²) in [5.74, 6) is 1.59. The van der Waals surface area contributed by atoms with E-state index in [-0.39, 0.29) is 12.3 Å². The minimum absolute atomic E-state index is 0.133. The van der Waals surface area contributed by atoms with E-state index in [0.717, 1.165) is 41.3 Å². The Hall–Kier alpha value is -2.59. The van der Waals surface area contributed by atoms with Gasteiger partial charge >= 0.3 is 0 Å². The first-order chi connectivity index (χ1) is 17.3. The molecule has 7 nitrogen and oxygen atoms in total. The van der Waals surface area contributed by atoms with Gasteiger partial charge < -0.3 is 14.2 Å². The number of hydrogen-bond acceptors (Lipinski definition) is 7. The van der Waals surface area contributed by atoms with Crippen molar-refractivity contribution in [2.75, 3.05) is 26.4 Å². The Morgan fingerprint density at radius 2 is 2.11 bits per heavy atom. The Labute approximate surface area is 216 Å². The van der Waals surface area contributed by atoms with Gasteiger partial charge in [0.1, 0.15) is 18.2 Å². The Morgan fingerprint density at radius 3 is 2.89 bits per heavy atom. The van der Waals surface area contributed by atoms with Crippen LogP contribution in [0.2, 0.25) is 25.7 Å². The fourth-order valence-corrected chi connectivity index (χ4v) is 5.81. The van der Waals surface area contributed by atoms with Crippen LogP contribution in [0, 0.1) is 12.8 Å². The van der Waals surface area contributed by atoms with Crippen molar-refractivity contribution in [3.8, 4) is 17.3 Å². The van der Waals surface area contributed by atoms with E-state index < -0.39 is 8.07 Å². The van der Waals surface area contributed by atoms with Gasteiger partial charge in [0.05, 0.1) is 28.8 Å². The van der Waals surface area contributed by atoms with Crippen molar-refractivity contribution in [1.82, 2.24) is 14.5 Å². The molecule has 1 atom stereocenters. The minimum atomic E-state index is -1.25. The van der Waals surface area contributed by atoms with Gasteiger partial charge in [0.25, 0.3) is 5.56 Å². The number of aromatic nitrogens is 3. The summed E-state index contributed by atoms with van der Waals surface area (Å²) in [6, 6.07) is 8.85. The maximum atomic E-state index is 13.8. The lowest BCUT2D eigenvalue weighted by Gasteiger charge is -2.18. The third-order valence-corrected chi connectivity index (χ3v) is 9.09. The number of aryl methyl sites for hydroxylation is 1. The molecule has 0 bridgehead atoms. The van der Waals surface area contributed by atoms with Crippen molar-refractivity contribution in [3.63, 3.8) is 0 Å². The highest BCUT2D eigenvalue weighted by Crippen LogP contribution is 2.28. The predicted octanol–water partition coefficient (Wildman–Crippen LogP) is 5.71. The fraction of sp³-hybridized carbons (Fsp3) is 0.444. The van der Waals surface area contributed by atoms with E-state index >= 15 is 0 Å². The summed E-state index contributed by atoms with van der Waals surface area (Å²) >= 11 is 1.64. The van der Waals surface area contributed by atoms with Crippen molar-refractivity contribution in [3.05, 3.63) is 51.8 Å². The molecule has 5 rings (SSSR count). The first kappa shape index (κ1) is 25.1. The average Bonchev–Trinajstić information content (AvgIpc) is 3.52. The van der Waals surface area contributed by atoms with Crippen LogP contribution in [-0.2, 0) is 16.2 Å². The molecule has 0 N–H and O–H groups in total. The summed E-state index contributed by atoms with van der Waals surface area (Å²) in [4.78, 5) is 23.5. The van der Waals surface area contributed by atoms with Gasteiger partial charge in [-0.2, -0.15) is 0 Å². The molecular formula is C27H33N3O4SSi. The van der Waals surface area contributed by atoms with Gasteiger partial charge in [-0.1, -0.05) is 19.6 Å². The Kier molecular flexibility index (Phi) is 7.25. The van der Waals surface area contributed by atoms with E-state index in [2.05, 4.69) is 30.7 Å². The van der Waals surface area contributed by atoms with Crippen LogP contribution < -0.4 is 10.3 Å². The van der Waals surface area contributed by atoms with Crippen molar-refractivity contribution < 1.29 is 14.2 Å². The molecule has 190 valence electrons. The minimum Gasteiger partial charge on any atom is -0.493 e. The Bertz CT molecular complexity index is 1440. The largest absolute Gasteiger partial charge is 0.493 e. The number of benzene rings is 1. The summed E-state index contributed by atoms with van der Waals surface area (Å²) in [6.07, 6.45) is 2.85. The number of rotatable bonds is 9. The van der Waals surface area contributed by atoms with Gasteiger partial charge in [-0.05, 0) is 60.0 Å². The molecule has 9 heteroatoms. The van der Waals surface area contributed by atoms with Crippen LogP contribution in [-0.4, -0.2) is 49.0 Å². The quantitative estimate of drug-likeness (QED) is 0.207. The summed E-state index contributed by atoms with van der Waals surface area (Å²) in [5.41, 5.74) is 2.08. The number of hydrogen-bond donors (Lipinski definition) is 0. The van der Waals surface area contributed by atoms with E-state index in [1.54, 1.807) is 15.9 Å². The lowest BCUT2D eigenvalue weighted by Crippen LogP contribution is -2.27. The maximum Gasteiger partial charge on any atom is 0.263 e. The third kappa shape index (κ3) is 5.54. The maximum absolute atomic E-state index is 13.8. The summed E-state index contributed by atoms with van der Waals surface area (Å²) in [6.45, 7) is 11.7. The molecule has 0 spiro atoms. The lowest BCUT2D eigenvalue weighted by atomic mass is 10.1. The van der Waals surface area contributed by atoms with Crippen molar-refractivity contribution in [1.29, 1.82) is 0 Å². The molecule has 1 saturated heterocycles. The zero-order chi connectivity index (χ0) is 25.3. The van der Waals surface area contributed by atoms with Gasteiger partial charge in [-0.3, -0.25) is 14.3 Å². The van der Waals surface area contributed by atoms with Gasteiger partial charge in [-0.25, -0.2) is 4.98 Å². The molecule has 0 saturated carbocycles. The predicted molar refractivity (Wildman–Crippen MR) is 148 cm³/mol. The number of nitrogens with zero attached hydrogens (tertiary/aromatic N) is 3. The first-order valence-electron chi connectivity index (χ1n) is 12.5. The number of pyridine rings is 1. The summed E-state index contributed by atoms with van der Waals surface area (Å²) in [5, 5.41) is 3.66. The highest BCUT2D eigenvalue weighted by Gasteiger charge is 2.20. The topological polar surface area (TPSA) is 75.5 Å². The highest BCUT2D eigenvalue weighted by atomic mass is 32.1. The summed E-state index contributed by atoms with van der Waals surface area (Å²) < 4.78 is 20.3. The number of ether oxygens (including phenoxy) is 3. The van der Waals surface area contributed by atoms with Crippen molar-refractivity contribution in [2.45, 2.75) is 45.8 Å². The molecule has 0 radical (unpaired) electrons.